The molecule has 1 aromatic carbocycles. The molecule has 158 valence electrons. The van der Waals surface area contributed by atoms with Gasteiger partial charge < -0.3 is 15.0 Å². The van der Waals surface area contributed by atoms with Gasteiger partial charge in [-0.15, -0.1) is 0 Å². The van der Waals surface area contributed by atoms with Crippen molar-refractivity contribution in [3.8, 4) is 0 Å². The molecule has 6 heteroatoms. The van der Waals surface area contributed by atoms with E-state index in [1.807, 2.05) is 73.0 Å². The molecule has 2 aliphatic rings. The Morgan fingerprint density at radius 3 is 2.67 bits per heavy atom. The normalized spacial score (nSPS) is 25.4. The van der Waals surface area contributed by atoms with Crippen LogP contribution in [0.15, 0.2) is 53.3 Å². The maximum Gasteiger partial charge on any atom is 0.258 e. The van der Waals surface area contributed by atoms with Crippen LogP contribution in [0.2, 0.25) is 0 Å². The minimum atomic E-state index is -0.405. The van der Waals surface area contributed by atoms with Crippen molar-refractivity contribution in [2.24, 2.45) is 11.8 Å². The van der Waals surface area contributed by atoms with Crippen LogP contribution >= 0.6 is 0 Å². The SMILES string of the molecule is C/C=C\c1ccc2n(c1=O)C[C@H]1[C@H](CO)[C@@H](C(=O)NCc3ccccc3)N(CC)[C@@H]21. The Bertz CT molecular complexity index is 999. The minimum absolute atomic E-state index is 0.00202. The average molecular weight is 408 g/mol. The molecular formula is C24H29N3O3. The maximum atomic E-state index is 13.2. The van der Waals surface area contributed by atoms with Crippen LogP contribution in [0.25, 0.3) is 6.08 Å². The van der Waals surface area contributed by atoms with Gasteiger partial charge in [-0.2, -0.15) is 0 Å². The topological polar surface area (TPSA) is 74.6 Å². The van der Waals surface area contributed by atoms with Crippen molar-refractivity contribution < 1.29 is 9.90 Å². The summed E-state index contributed by atoms with van der Waals surface area (Å²) in [7, 11) is 0. The molecule has 2 aliphatic heterocycles. The number of aliphatic hydroxyl groups is 1. The number of allylic oxidation sites excluding steroid dienone is 1. The molecule has 1 fully saturated rings. The van der Waals surface area contributed by atoms with E-state index in [9.17, 15) is 14.7 Å². The Balaban J connectivity index is 1.62. The van der Waals surface area contributed by atoms with Crippen LogP contribution in [-0.4, -0.2) is 39.7 Å². The summed E-state index contributed by atoms with van der Waals surface area (Å²) in [6.45, 7) is 5.52. The zero-order valence-corrected chi connectivity index (χ0v) is 17.5. The van der Waals surface area contributed by atoms with Crippen LogP contribution in [0.5, 0.6) is 0 Å². The number of likely N-dealkylation sites (tertiary alicyclic amines) is 1. The van der Waals surface area contributed by atoms with Gasteiger partial charge in [0.15, 0.2) is 0 Å². The highest BCUT2D eigenvalue weighted by molar-refractivity contribution is 5.82. The summed E-state index contributed by atoms with van der Waals surface area (Å²) in [5, 5.41) is 13.3. The molecule has 30 heavy (non-hydrogen) atoms. The lowest BCUT2D eigenvalue weighted by Gasteiger charge is -2.29. The number of aliphatic hydroxyl groups excluding tert-OH is 1. The van der Waals surface area contributed by atoms with Crippen molar-refractivity contribution >= 4 is 12.0 Å². The van der Waals surface area contributed by atoms with E-state index in [0.717, 1.165) is 11.3 Å². The fraction of sp³-hybridized carbons (Fsp3) is 0.417. The van der Waals surface area contributed by atoms with Crippen LogP contribution in [-0.2, 0) is 17.9 Å². The van der Waals surface area contributed by atoms with Gasteiger partial charge in [0.25, 0.3) is 5.56 Å². The Morgan fingerprint density at radius 1 is 1.23 bits per heavy atom. The Morgan fingerprint density at radius 2 is 2.00 bits per heavy atom. The molecule has 2 aromatic rings. The van der Waals surface area contributed by atoms with E-state index in [1.165, 1.54) is 0 Å². The lowest BCUT2D eigenvalue weighted by Crippen LogP contribution is -2.48. The second-order valence-electron chi connectivity index (χ2n) is 8.06. The average Bonchev–Trinajstić information content (AvgIpc) is 3.29. The number of pyridine rings is 1. The third kappa shape index (κ3) is 3.40. The maximum absolute atomic E-state index is 13.2. The fourth-order valence-electron chi connectivity index (χ4n) is 5.19. The first kappa shape index (κ1) is 20.6. The second-order valence-corrected chi connectivity index (χ2v) is 8.06. The Kier molecular flexibility index (Phi) is 5.88. The summed E-state index contributed by atoms with van der Waals surface area (Å²) in [6.07, 6.45) is 3.69. The Hall–Kier alpha value is -2.70. The van der Waals surface area contributed by atoms with Gasteiger partial charge in [-0.05, 0) is 31.2 Å². The lowest BCUT2D eigenvalue weighted by molar-refractivity contribution is -0.127. The summed E-state index contributed by atoms with van der Waals surface area (Å²) in [5.74, 6) is -0.236. The molecule has 1 saturated heterocycles. The summed E-state index contributed by atoms with van der Waals surface area (Å²) < 4.78 is 1.83. The van der Waals surface area contributed by atoms with E-state index in [4.69, 9.17) is 0 Å². The van der Waals surface area contributed by atoms with Gasteiger partial charge >= 0.3 is 0 Å². The largest absolute Gasteiger partial charge is 0.396 e. The lowest BCUT2D eigenvalue weighted by atomic mass is 9.88. The summed E-state index contributed by atoms with van der Waals surface area (Å²) in [5.41, 5.74) is 2.65. The molecule has 3 heterocycles. The Labute approximate surface area is 176 Å². The first-order valence-corrected chi connectivity index (χ1v) is 10.6. The number of rotatable bonds is 6. The summed E-state index contributed by atoms with van der Waals surface area (Å²) in [6, 6.07) is 13.2. The van der Waals surface area contributed by atoms with Crippen molar-refractivity contribution in [3.05, 3.63) is 75.7 Å². The number of nitrogens with zero attached hydrogens (tertiary/aromatic N) is 2. The predicted octanol–water partition coefficient (Wildman–Crippen LogP) is 2.18. The number of aromatic nitrogens is 1. The number of nitrogens with one attached hydrogen (secondary N) is 1. The molecule has 2 N–H and O–H groups in total. The number of benzene rings is 1. The van der Waals surface area contributed by atoms with Crippen molar-refractivity contribution in [3.63, 3.8) is 0 Å². The minimum Gasteiger partial charge on any atom is -0.396 e. The molecule has 0 aliphatic carbocycles. The van der Waals surface area contributed by atoms with Crippen LogP contribution in [0.1, 0.15) is 36.7 Å². The quantitative estimate of drug-likeness (QED) is 0.770. The third-order valence-electron chi connectivity index (χ3n) is 6.51. The fourth-order valence-corrected chi connectivity index (χ4v) is 5.19. The zero-order valence-electron chi connectivity index (χ0n) is 17.5. The number of carbonyl (C=O) groups excluding carboxylic acids is 1. The second kappa shape index (κ2) is 8.58. The first-order chi connectivity index (χ1) is 14.6. The van der Waals surface area contributed by atoms with Crippen LogP contribution in [0.3, 0.4) is 0 Å². The monoisotopic (exact) mass is 407 g/mol. The van der Waals surface area contributed by atoms with Crippen LogP contribution in [0.4, 0.5) is 0 Å². The molecular weight excluding hydrogens is 378 g/mol. The van der Waals surface area contributed by atoms with Gasteiger partial charge in [0.2, 0.25) is 5.91 Å². The number of likely N-dealkylation sites (N-methyl/N-ethyl adjacent to an activating group) is 1. The highest BCUT2D eigenvalue weighted by Crippen LogP contribution is 2.48. The van der Waals surface area contributed by atoms with Crippen molar-refractivity contribution in [2.45, 2.75) is 39.0 Å². The van der Waals surface area contributed by atoms with E-state index < -0.39 is 6.04 Å². The molecule has 1 aromatic heterocycles. The molecule has 4 atom stereocenters. The smallest absolute Gasteiger partial charge is 0.258 e. The van der Waals surface area contributed by atoms with E-state index >= 15 is 0 Å². The molecule has 4 rings (SSSR count). The van der Waals surface area contributed by atoms with E-state index in [1.54, 1.807) is 0 Å². The van der Waals surface area contributed by atoms with Gasteiger partial charge in [-0.1, -0.05) is 49.4 Å². The highest BCUT2D eigenvalue weighted by Gasteiger charge is 2.54. The standard InChI is InChI=1S/C24H29N3O3/c1-3-8-17-11-12-20-21-18(14-27(20)24(17)30)19(15-28)22(26(21)4-2)23(29)25-13-16-9-6-5-7-10-16/h3,5-12,18-19,21-22,28H,4,13-15H2,1-2H3,(H,25,29)/b8-3-/t18-,19-,21+,22-/m0/s1. The number of hydrogen-bond donors (Lipinski definition) is 2. The number of hydrogen-bond acceptors (Lipinski definition) is 4. The van der Waals surface area contributed by atoms with Crippen molar-refractivity contribution in [1.29, 1.82) is 0 Å². The molecule has 0 unspecified atom stereocenters. The van der Waals surface area contributed by atoms with Gasteiger partial charge in [0.05, 0.1) is 12.1 Å². The zero-order chi connectivity index (χ0) is 21.3. The number of carbonyl (C=O) groups is 1. The molecule has 0 radical (unpaired) electrons. The van der Waals surface area contributed by atoms with Gasteiger partial charge in [-0.25, -0.2) is 0 Å². The van der Waals surface area contributed by atoms with Crippen LogP contribution in [0, 0.1) is 11.8 Å². The molecule has 0 spiro atoms. The van der Waals surface area contributed by atoms with Gasteiger partial charge in [0, 0.05) is 42.8 Å². The van der Waals surface area contributed by atoms with E-state index in [0.29, 0.717) is 25.2 Å². The van der Waals surface area contributed by atoms with E-state index in [2.05, 4.69) is 10.2 Å². The predicted molar refractivity (Wildman–Crippen MR) is 117 cm³/mol. The molecule has 6 nitrogen and oxygen atoms in total. The van der Waals surface area contributed by atoms with Crippen molar-refractivity contribution in [2.75, 3.05) is 13.2 Å². The highest BCUT2D eigenvalue weighted by atomic mass is 16.3. The molecule has 1 amide bonds. The molecule has 0 bridgehead atoms. The molecule has 0 saturated carbocycles. The van der Waals surface area contributed by atoms with Crippen LogP contribution < -0.4 is 10.9 Å². The summed E-state index contributed by atoms with van der Waals surface area (Å²) >= 11 is 0. The van der Waals surface area contributed by atoms with Crippen molar-refractivity contribution in [1.82, 2.24) is 14.8 Å². The van der Waals surface area contributed by atoms with E-state index in [-0.39, 0.29) is 36.0 Å². The summed E-state index contributed by atoms with van der Waals surface area (Å²) in [4.78, 5) is 28.2. The van der Waals surface area contributed by atoms with Gasteiger partial charge in [0.1, 0.15) is 0 Å². The number of fused-ring (bicyclic) bond motifs is 3. The number of amides is 1. The first-order valence-electron chi connectivity index (χ1n) is 10.6. The third-order valence-corrected chi connectivity index (χ3v) is 6.51. The van der Waals surface area contributed by atoms with Gasteiger partial charge in [-0.3, -0.25) is 14.5 Å².